The number of anilines is 1. The third-order valence-corrected chi connectivity index (χ3v) is 6.20. The largest absolute Gasteiger partial charge is 0.452 e. The second-order valence-corrected chi connectivity index (χ2v) is 9.78. The number of carbonyl (C=O) groups is 1. The third-order valence-electron chi connectivity index (χ3n) is 5.31. The molecule has 1 saturated carbocycles. The fraction of sp³-hybridized carbons (Fsp3) is 0.350. The molecule has 3 heterocycles. The first-order chi connectivity index (χ1) is 15.7. The summed E-state index contributed by atoms with van der Waals surface area (Å²) in [4.78, 5) is 21.2. The highest BCUT2D eigenvalue weighted by molar-refractivity contribution is 9.10. The lowest BCUT2D eigenvalue weighted by Crippen LogP contribution is -2.27. The molecule has 0 bridgehead atoms. The summed E-state index contributed by atoms with van der Waals surface area (Å²) in [5, 5.41) is 7.81. The molecule has 0 spiro atoms. The number of hydrogen-bond donors (Lipinski definition) is 2. The highest BCUT2D eigenvalue weighted by Gasteiger charge is 2.36. The molecule has 176 valence electrons. The van der Waals surface area contributed by atoms with E-state index in [2.05, 4.69) is 35.4 Å². The van der Waals surface area contributed by atoms with Crippen LogP contribution >= 0.6 is 15.9 Å². The predicted octanol–water partition coefficient (Wildman–Crippen LogP) is 2.66. The molecule has 33 heavy (non-hydrogen) atoms. The van der Waals surface area contributed by atoms with Gasteiger partial charge in [-0.15, -0.1) is 0 Å². The van der Waals surface area contributed by atoms with Gasteiger partial charge in [0.1, 0.15) is 24.1 Å². The summed E-state index contributed by atoms with van der Waals surface area (Å²) < 4.78 is 49.0. The Kier molecular flexibility index (Phi) is 6.93. The Morgan fingerprint density at radius 1 is 1.36 bits per heavy atom. The van der Waals surface area contributed by atoms with Crippen molar-refractivity contribution in [3.05, 3.63) is 64.7 Å². The van der Waals surface area contributed by atoms with Crippen molar-refractivity contribution in [2.45, 2.75) is 31.6 Å². The van der Waals surface area contributed by atoms with Gasteiger partial charge in [0.2, 0.25) is 0 Å². The van der Waals surface area contributed by atoms with E-state index < -0.39 is 22.5 Å². The van der Waals surface area contributed by atoms with E-state index in [0.717, 1.165) is 5.76 Å². The van der Waals surface area contributed by atoms with E-state index in [-0.39, 0.29) is 36.1 Å². The van der Waals surface area contributed by atoms with Gasteiger partial charge in [-0.3, -0.25) is 8.98 Å². The van der Waals surface area contributed by atoms with Gasteiger partial charge in [0.15, 0.2) is 10.5 Å². The highest BCUT2D eigenvalue weighted by atomic mass is 79.9. The van der Waals surface area contributed by atoms with Crippen LogP contribution in [0.25, 0.3) is 0 Å². The Morgan fingerprint density at radius 2 is 2.18 bits per heavy atom. The Labute approximate surface area is 197 Å². The summed E-state index contributed by atoms with van der Waals surface area (Å²) in [5.41, 5.74) is 0.619. The number of hydrogen-bond acceptors (Lipinski definition) is 8. The van der Waals surface area contributed by atoms with Gasteiger partial charge in [-0.2, -0.15) is 8.42 Å². The van der Waals surface area contributed by atoms with Crippen LogP contribution in [-0.2, 0) is 21.0 Å². The van der Waals surface area contributed by atoms with E-state index in [1.807, 2.05) is 6.07 Å². The molecule has 1 fully saturated rings. The molecule has 1 aliphatic rings. The van der Waals surface area contributed by atoms with E-state index in [9.17, 15) is 17.6 Å². The quantitative estimate of drug-likeness (QED) is 0.393. The van der Waals surface area contributed by atoms with Crippen LogP contribution < -0.4 is 10.5 Å². The third kappa shape index (κ3) is 6.05. The molecule has 0 saturated heterocycles. The molecule has 4 rings (SSSR count). The van der Waals surface area contributed by atoms with Crippen molar-refractivity contribution in [2.24, 2.45) is 11.1 Å². The number of ketones is 1. The van der Waals surface area contributed by atoms with E-state index >= 15 is 0 Å². The van der Waals surface area contributed by atoms with Crippen LogP contribution in [0.15, 0.2) is 52.2 Å². The van der Waals surface area contributed by atoms with Crippen LogP contribution in [0.4, 0.5) is 10.2 Å². The zero-order valence-electron chi connectivity index (χ0n) is 17.2. The summed E-state index contributed by atoms with van der Waals surface area (Å²) >= 11 is 3.26. The average Bonchev–Trinajstić information content (AvgIpc) is 3.47. The van der Waals surface area contributed by atoms with Crippen LogP contribution in [0, 0.1) is 5.92 Å². The molecule has 0 aromatic carbocycles. The van der Waals surface area contributed by atoms with Crippen molar-refractivity contribution in [1.82, 2.24) is 14.5 Å². The van der Waals surface area contributed by atoms with Gasteiger partial charge in [-0.25, -0.2) is 19.5 Å². The summed E-state index contributed by atoms with van der Waals surface area (Å²) in [6.07, 6.45) is 5.21. The highest BCUT2D eigenvalue weighted by Crippen LogP contribution is 2.32. The first-order valence-corrected chi connectivity index (χ1v) is 12.3. The molecule has 3 atom stereocenters. The van der Waals surface area contributed by atoms with Crippen LogP contribution in [0.3, 0.4) is 0 Å². The molecule has 3 aromatic heterocycles. The second kappa shape index (κ2) is 9.71. The second-order valence-electron chi connectivity index (χ2n) is 7.77. The number of halogens is 2. The molecule has 1 aliphatic carbocycles. The average molecular weight is 542 g/mol. The number of aromatic nitrogens is 3. The molecule has 13 heteroatoms. The lowest BCUT2D eigenvalue weighted by atomic mass is 10.1. The summed E-state index contributed by atoms with van der Waals surface area (Å²) in [5.74, 6) is 0.268. The normalized spacial score (nSPS) is 20.8. The van der Waals surface area contributed by atoms with Gasteiger partial charge < -0.3 is 14.3 Å². The number of nitrogens with two attached hydrogens (primary N) is 1. The van der Waals surface area contributed by atoms with Crippen LogP contribution in [0.2, 0.25) is 0 Å². The van der Waals surface area contributed by atoms with E-state index in [1.54, 1.807) is 29.1 Å². The standard InChI is InChI=1S/C20H21BrFN5O5S/c21-18-2-1-14(32-18)9-27-4-3-13(8-27)19(28)15-7-24-11-25-20(15)26-17-6-12(5-16(17)22)10-31-33(23,29)30/h1-4,7-8,11-12,16-17H,5-6,9-10H2,(H2,23,29,30)(H,24,25,26). The van der Waals surface area contributed by atoms with Crippen molar-refractivity contribution in [3.63, 3.8) is 0 Å². The maximum atomic E-state index is 14.6. The minimum Gasteiger partial charge on any atom is -0.452 e. The molecule has 0 amide bonds. The number of furan rings is 1. The van der Waals surface area contributed by atoms with Gasteiger partial charge in [-0.1, -0.05) is 0 Å². The number of alkyl halides is 1. The fourth-order valence-corrected chi connectivity index (χ4v) is 4.52. The topological polar surface area (TPSA) is 142 Å². The minimum absolute atomic E-state index is 0.104. The van der Waals surface area contributed by atoms with Crippen molar-refractivity contribution in [1.29, 1.82) is 0 Å². The number of carbonyl (C=O) groups excluding carboxylic acids is 1. The van der Waals surface area contributed by atoms with Crippen LogP contribution in [-0.4, -0.2) is 47.6 Å². The Hall–Kier alpha value is -2.61. The fourth-order valence-electron chi connectivity index (χ4n) is 3.79. The molecule has 3 aromatic rings. The summed E-state index contributed by atoms with van der Waals surface area (Å²) in [6.45, 7) is 0.246. The molecule has 0 aliphatic heterocycles. The predicted molar refractivity (Wildman–Crippen MR) is 119 cm³/mol. The van der Waals surface area contributed by atoms with E-state index in [4.69, 9.17) is 9.56 Å². The molecular formula is C20H21BrFN5O5S. The molecular weight excluding hydrogens is 521 g/mol. The first-order valence-electron chi connectivity index (χ1n) is 10.0. The maximum Gasteiger partial charge on any atom is 0.333 e. The monoisotopic (exact) mass is 541 g/mol. The van der Waals surface area contributed by atoms with Crippen molar-refractivity contribution >= 4 is 37.8 Å². The summed E-state index contributed by atoms with van der Waals surface area (Å²) in [6, 6.07) is 4.62. The van der Waals surface area contributed by atoms with Gasteiger partial charge in [-0.05, 0) is 52.9 Å². The SMILES string of the molecule is NS(=O)(=O)OCC1CC(F)C(Nc2ncncc2C(=O)c2ccn(Cc3ccc(Br)o3)c2)C1. The lowest BCUT2D eigenvalue weighted by molar-refractivity contribution is 0.103. The molecule has 0 radical (unpaired) electrons. The van der Waals surface area contributed by atoms with E-state index in [0.29, 0.717) is 23.2 Å². The number of nitrogens with zero attached hydrogens (tertiary/aromatic N) is 3. The maximum absolute atomic E-state index is 14.6. The Bertz CT molecular complexity index is 1250. The van der Waals surface area contributed by atoms with Gasteiger partial charge in [0.25, 0.3) is 0 Å². The molecule has 3 N–H and O–H groups in total. The van der Waals surface area contributed by atoms with Crippen LogP contribution in [0.5, 0.6) is 0 Å². The van der Waals surface area contributed by atoms with Gasteiger partial charge in [0.05, 0.1) is 24.8 Å². The number of rotatable bonds is 9. The summed E-state index contributed by atoms with van der Waals surface area (Å²) in [7, 11) is -4.09. The first kappa shape index (κ1) is 23.5. The zero-order chi connectivity index (χ0) is 23.6. The van der Waals surface area contributed by atoms with Crippen molar-refractivity contribution < 1.29 is 26.2 Å². The van der Waals surface area contributed by atoms with Crippen molar-refractivity contribution in [3.8, 4) is 0 Å². The smallest absolute Gasteiger partial charge is 0.333 e. The number of nitrogens with one attached hydrogen (secondary N) is 1. The van der Waals surface area contributed by atoms with Gasteiger partial charge in [0, 0.05) is 24.2 Å². The zero-order valence-corrected chi connectivity index (χ0v) is 19.6. The lowest BCUT2D eigenvalue weighted by Gasteiger charge is -2.17. The Balaban J connectivity index is 1.45. The van der Waals surface area contributed by atoms with Gasteiger partial charge >= 0.3 is 10.3 Å². The molecule has 10 nitrogen and oxygen atoms in total. The van der Waals surface area contributed by atoms with E-state index in [1.165, 1.54) is 12.5 Å². The molecule has 3 unspecified atom stereocenters. The Morgan fingerprint density at radius 3 is 2.91 bits per heavy atom. The van der Waals surface area contributed by atoms with Crippen LogP contribution in [0.1, 0.15) is 34.5 Å². The minimum atomic E-state index is -4.09. The van der Waals surface area contributed by atoms with Crippen molar-refractivity contribution in [2.75, 3.05) is 11.9 Å².